The van der Waals surface area contributed by atoms with Crippen LogP contribution in [-0.2, 0) is 27.9 Å². The summed E-state index contributed by atoms with van der Waals surface area (Å²) < 4.78 is 33.5. The van der Waals surface area contributed by atoms with Crippen LogP contribution in [-0.4, -0.2) is 66.3 Å². The fraction of sp³-hybridized carbons (Fsp3) is 0.979. The fourth-order valence-electron chi connectivity index (χ4n) is 7.30. The minimum Gasteiger partial charge on any atom is -0.457 e. The Balaban J connectivity index is 4.04. The van der Waals surface area contributed by atoms with Gasteiger partial charge in [0.25, 0.3) is 0 Å². The van der Waals surface area contributed by atoms with Crippen molar-refractivity contribution in [2.45, 2.75) is 264 Å². The zero-order chi connectivity index (χ0) is 41.8. The second-order valence-electron chi connectivity index (χ2n) is 16.9. The molecule has 0 saturated carbocycles. The summed E-state index contributed by atoms with van der Waals surface area (Å²) in [4.78, 5) is 22.6. The van der Waals surface area contributed by atoms with Crippen molar-refractivity contribution < 1.29 is 43.0 Å². The van der Waals surface area contributed by atoms with Crippen LogP contribution in [0.4, 0.5) is 0 Å². The van der Waals surface area contributed by atoms with Gasteiger partial charge in [0, 0.05) is 13.0 Å². The van der Waals surface area contributed by atoms with Gasteiger partial charge in [-0.2, -0.15) is 0 Å². The molecule has 0 saturated heterocycles. The molecule has 3 atom stereocenters. The molecule has 0 bridgehead atoms. The average molecular weight is 835 g/mol. The topological polar surface area (TPSA) is 132 Å². The van der Waals surface area contributed by atoms with Gasteiger partial charge in [-0.25, -0.2) is 4.57 Å². The molecule has 0 aromatic rings. The number of phosphoric ester groups is 1. The zero-order valence-corrected chi connectivity index (χ0v) is 38.5. The van der Waals surface area contributed by atoms with Crippen molar-refractivity contribution in [2.24, 2.45) is 0 Å². The van der Waals surface area contributed by atoms with E-state index in [1.165, 1.54) is 199 Å². The summed E-state index contributed by atoms with van der Waals surface area (Å²) in [5.41, 5.74) is 0. The van der Waals surface area contributed by atoms with Gasteiger partial charge < -0.3 is 24.6 Å². The Kier molecular flexibility index (Phi) is 44.6. The maximum atomic E-state index is 12.7. The van der Waals surface area contributed by atoms with Crippen LogP contribution in [0.1, 0.15) is 251 Å². The Morgan fingerprint density at radius 1 is 0.474 bits per heavy atom. The predicted molar refractivity (Wildman–Crippen MR) is 238 cm³/mol. The Morgan fingerprint density at radius 3 is 1.14 bits per heavy atom. The molecule has 3 unspecified atom stereocenters. The summed E-state index contributed by atoms with van der Waals surface area (Å²) in [7, 11) is -4.51. The number of esters is 1. The SMILES string of the molecule is CCCCCCCCCCCCCCCCCCCCOCC(COP(=O)(O)OCC(O)CO)OC(=O)CCCCCCCCCCCCCCCCCCCC. The number of phosphoric acid groups is 1. The Bertz CT molecular complexity index is 861. The summed E-state index contributed by atoms with van der Waals surface area (Å²) in [6, 6.07) is 0. The van der Waals surface area contributed by atoms with Crippen LogP contribution in [0, 0.1) is 0 Å². The maximum absolute atomic E-state index is 12.7. The minimum atomic E-state index is -4.51. The molecule has 0 aliphatic heterocycles. The first kappa shape index (κ1) is 56.5. The second-order valence-corrected chi connectivity index (χ2v) is 18.3. The van der Waals surface area contributed by atoms with E-state index in [-0.39, 0.29) is 25.6 Å². The number of ether oxygens (including phenoxy) is 2. The van der Waals surface area contributed by atoms with E-state index < -0.39 is 33.2 Å². The molecule has 0 amide bonds. The Morgan fingerprint density at radius 2 is 0.789 bits per heavy atom. The monoisotopic (exact) mass is 835 g/mol. The first-order valence-corrected chi connectivity index (χ1v) is 26.0. The number of carbonyl (C=O) groups excluding carboxylic acids is 1. The van der Waals surface area contributed by atoms with Gasteiger partial charge >= 0.3 is 13.8 Å². The van der Waals surface area contributed by atoms with E-state index in [0.29, 0.717) is 6.61 Å². The molecule has 0 aromatic carbocycles. The smallest absolute Gasteiger partial charge is 0.457 e. The molecule has 0 aliphatic carbocycles. The van der Waals surface area contributed by atoms with Crippen molar-refractivity contribution >= 4 is 13.8 Å². The van der Waals surface area contributed by atoms with Gasteiger partial charge in [-0.3, -0.25) is 13.8 Å². The average Bonchev–Trinajstić information content (AvgIpc) is 3.20. The van der Waals surface area contributed by atoms with Gasteiger partial charge in [0.05, 0.1) is 26.4 Å². The van der Waals surface area contributed by atoms with E-state index in [1.54, 1.807) is 0 Å². The molecule has 3 N–H and O–H groups in total. The van der Waals surface area contributed by atoms with Crippen LogP contribution in [0.3, 0.4) is 0 Å². The van der Waals surface area contributed by atoms with E-state index >= 15 is 0 Å². The van der Waals surface area contributed by atoms with Gasteiger partial charge in [0.2, 0.25) is 0 Å². The van der Waals surface area contributed by atoms with Crippen molar-refractivity contribution in [3.05, 3.63) is 0 Å². The van der Waals surface area contributed by atoms with E-state index in [9.17, 15) is 19.4 Å². The number of rotatable bonds is 48. The lowest BCUT2D eigenvalue weighted by molar-refractivity contribution is -0.154. The van der Waals surface area contributed by atoms with Gasteiger partial charge in [-0.15, -0.1) is 0 Å². The first-order chi connectivity index (χ1) is 27.8. The van der Waals surface area contributed by atoms with E-state index in [1.807, 2.05) is 0 Å². The fourth-order valence-corrected chi connectivity index (χ4v) is 8.09. The molecule has 0 radical (unpaired) electrons. The predicted octanol–water partition coefficient (Wildman–Crippen LogP) is 13.9. The van der Waals surface area contributed by atoms with Crippen molar-refractivity contribution in [1.82, 2.24) is 0 Å². The summed E-state index contributed by atoms with van der Waals surface area (Å²) in [5, 5.41) is 18.4. The number of hydrogen-bond acceptors (Lipinski definition) is 8. The Hall–Kier alpha value is -0.540. The molecule has 10 heteroatoms. The summed E-state index contributed by atoms with van der Waals surface area (Å²) in [6.45, 7) is 3.60. The summed E-state index contributed by atoms with van der Waals surface area (Å²) in [5.74, 6) is -0.374. The maximum Gasteiger partial charge on any atom is 0.472 e. The van der Waals surface area contributed by atoms with Gasteiger partial charge in [0.15, 0.2) is 0 Å². The molecule has 342 valence electrons. The van der Waals surface area contributed by atoms with Crippen molar-refractivity contribution in [3.8, 4) is 0 Å². The molecule has 0 aromatic heterocycles. The lowest BCUT2D eigenvalue weighted by atomic mass is 10.0. The zero-order valence-electron chi connectivity index (χ0n) is 37.6. The van der Waals surface area contributed by atoms with Gasteiger partial charge in [-0.1, -0.05) is 232 Å². The highest BCUT2D eigenvalue weighted by molar-refractivity contribution is 7.47. The third-order valence-corrected chi connectivity index (χ3v) is 12.0. The molecule has 0 fully saturated rings. The largest absolute Gasteiger partial charge is 0.472 e. The van der Waals surface area contributed by atoms with Gasteiger partial charge in [-0.05, 0) is 12.8 Å². The highest BCUT2D eigenvalue weighted by Crippen LogP contribution is 2.43. The number of hydrogen-bond donors (Lipinski definition) is 3. The van der Waals surface area contributed by atoms with Crippen LogP contribution in [0.25, 0.3) is 0 Å². The van der Waals surface area contributed by atoms with Crippen molar-refractivity contribution in [3.63, 3.8) is 0 Å². The number of unbranched alkanes of at least 4 members (excludes halogenated alkanes) is 34. The van der Waals surface area contributed by atoms with Crippen molar-refractivity contribution in [1.29, 1.82) is 0 Å². The van der Waals surface area contributed by atoms with Gasteiger partial charge in [0.1, 0.15) is 12.2 Å². The van der Waals surface area contributed by atoms with Crippen LogP contribution >= 0.6 is 7.82 Å². The number of aliphatic hydroxyl groups is 2. The molecule has 0 heterocycles. The molecule has 57 heavy (non-hydrogen) atoms. The lowest BCUT2D eigenvalue weighted by Crippen LogP contribution is -2.29. The summed E-state index contributed by atoms with van der Waals surface area (Å²) in [6.07, 6.45) is 44.9. The number of aliphatic hydroxyl groups excluding tert-OH is 2. The number of carbonyl (C=O) groups is 1. The highest BCUT2D eigenvalue weighted by Gasteiger charge is 2.26. The van der Waals surface area contributed by atoms with Crippen LogP contribution in [0.15, 0.2) is 0 Å². The van der Waals surface area contributed by atoms with Crippen LogP contribution in [0.2, 0.25) is 0 Å². The van der Waals surface area contributed by atoms with Crippen molar-refractivity contribution in [2.75, 3.05) is 33.0 Å². The third kappa shape index (κ3) is 44.8. The van der Waals surface area contributed by atoms with E-state index in [2.05, 4.69) is 13.8 Å². The normalized spacial score (nSPS) is 13.8. The third-order valence-electron chi connectivity index (χ3n) is 11.0. The molecule has 0 rings (SSSR count). The molecule has 0 spiro atoms. The standard InChI is InChI=1S/C47H95O9P/c1-3-5-7-9-11-13-15-17-19-21-23-25-27-29-31-33-35-37-39-47(50)56-46(44-55-57(51,52)54-42-45(49)41-48)43-53-40-38-36-34-32-30-28-26-24-22-20-18-16-14-12-10-8-6-4-2/h45-46,48-49H,3-44H2,1-2H3,(H,51,52). The molecular weight excluding hydrogens is 739 g/mol. The quantitative estimate of drug-likeness (QED) is 0.0311. The summed E-state index contributed by atoms with van der Waals surface area (Å²) >= 11 is 0. The molecule has 9 nitrogen and oxygen atoms in total. The minimum absolute atomic E-state index is 0.0586. The molecular formula is C47H95O9P. The molecule has 0 aliphatic rings. The van der Waals surface area contributed by atoms with Crippen LogP contribution in [0.5, 0.6) is 0 Å². The Labute approximate surface area is 352 Å². The van der Waals surface area contributed by atoms with E-state index in [4.69, 9.17) is 23.6 Å². The second kappa shape index (κ2) is 45.0. The lowest BCUT2D eigenvalue weighted by Gasteiger charge is -2.20. The highest BCUT2D eigenvalue weighted by atomic mass is 31.2. The van der Waals surface area contributed by atoms with Crippen LogP contribution < -0.4 is 0 Å². The van der Waals surface area contributed by atoms with E-state index in [0.717, 1.165) is 32.1 Å². The first-order valence-electron chi connectivity index (χ1n) is 24.5.